The highest BCUT2D eigenvalue weighted by Gasteiger charge is 2.25. The van der Waals surface area contributed by atoms with Crippen LogP contribution in [0.25, 0.3) is 0 Å². The van der Waals surface area contributed by atoms with Gasteiger partial charge in [0, 0.05) is 36.8 Å². The molecular formula is C16H26N6. The van der Waals surface area contributed by atoms with Gasteiger partial charge in [0.05, 0.1) is 6.20 Å². The lowest BCUT2D eigenvalue weighted by molar-refractivity contribution is 0.199. The van der Waals surface area contributed by atoms with Crippen molar-refractivity contribution in [2.24, 2.45) is 7.05 Å². The molecule has 1 saturated heterocycles. The first-order chi connectivity index (χ1) is 10.6. The molecule has 0 spiro atoms. The fourth-order valence-electron chi connectivity index (χ4n) is 3.23. The van der Waals surface area contributed by atoms with Gasteiger partial charge in [-0.15, -0.1) is 10.2 Å². The second-order valence-electron chi connectivity index (χ2n) is 6.62. The van der Waals surface area contributed by atoms with Crippen molar-refractivity contribution in [3.63, 3.8) is 0 Å². The summed E-state index contributed by atoms with van der Waals surface area (Å²) >= 11 is 0. The van der Waals surface area contributed by atoms with Crippen LogP contribution in [-0.2, 0) is 13.6 Å². The minimum absolute atomic E-state index is 0.432. The number of nitrogens with zero attached hydrogens (tertiary/aromatic N) is 6. The third-order valence-corrected chi connectivity index (χ3v) is 4.84. The predicted octanol–water partition coefficient (Wildman–Crippen LogP) is 2.28. The number of hydrogen-bond acceptors (Lipinski definition) is 4. The summed E-state index contributed by atoms with van der Waals surface area (Å²) in [5.41, 5.74) is 2.60. The summed E-state index contributed by atoms with van der Waals surface area (Å²) in [6.45, 7) is 9.75. The van der Waals surface area contributed by atoms with E-state index in [-0.39, 0.29) is 0 Å². The Bertz CT molecular complexity index is 618. The lowest BCUT2D eigenvalue weighted by Crippen LogP contribution is -2.33. The molecule has 6 nitrogen and oxygen atoms in total. The summed E-state index contributed by atoms with van der Waals surface area (Å²) in [5.74, 6) is 1.70. The zero-order valence-corrected chi connectivity index (χ0v) is 14.0. The van der Waals surface area contributed by atoms with E-state index in [2.05, 4.69) is 45.5 Å². The Balaban J connectivity index is 1.60. The van der Waals surface area contributed by atoms with Gasteiger partial charge in [0.2, 0.25) is 0 Å². The van der Waals surface area contributed by atoms with E-state index >= 15 is 0 Å². The molecule has 0 aliphatic carbocycles. The summed E-state index contributed by atoms with van der Waals surface area (Å²) in [4.78, 5) is 2.52. The highest BCUT2D eigenvalue weighted by molar-refractivity contribution is 5.15. The minimum atomic E-state index is 0.432. The monoisotopic (exact) mass is 302 g/mol. The van der Waals surface area contributed by atoms with Gasteiger partial charge in [-0.25, -0.2) is 0 Å². The topological polar surface area (TPSA) is 51.8 Å². The highest BCUT2D eigenvalue weighted by atomic mass is 15.3. The van der Waals surface area contributed by atoms with Crippen LogP contribution < -0.4 is 0 Å². The quantitative estimate of drug-likeness (QED) is 0.869. The molecule has 120 valence electrons. The second-order valence-corrected chi connectivity index (χ2v) is 6.62. The van der Waals surface area contributed by atoms with Crippen molar-refractivity contribution in [2.45, 2.75) is 52.1 Å². The first-order valence-corrected chi connectivity index (χ1v) is 8.15. The molecule has 3 rings (SSSR count). The van der Waals surface area contributed by atoms with Gasteiger partial charge in [-0.1, -0.05) is 0 Å². The molecule has 0 saturated carbocycles. The summed E-state index contributed by atoms with van der Waals surface area (Å²) < 4.78 is 4.17. The van der Waals surface area contributed by atoms with Gasteiger partial charge in [-0.3, -0.25) is 9.58 Å². The number of rotatable bonds is 4. The van der Waals surface area contributed by atoms with Crippen molar-refractivity contribution in [2.75, 3.05) is 13.1 Å². The summed E-state index contributed by atoms with van der Waals surface area (Å²) in [5, 5.41) is 12.8. The Morgan fingerprint density at radius 1 is 1.27 bits per heavy atom. The van der Waals surface area contributed by atoms with Gasteiger partial charge in [0.1, 0.15) is 12.2 Å². The molecule has 0 N–H and O–H groups in total. The standard InChI is InChI=1S/C16H26N6/c1-12(2)22-11-17-19-16(22)14-5-7-21(8-6-14)10-15-9-18-20(4)13(15)3/h9,11-12,14H,5-8,10H2,1-4H3. The number of aromatic nitrogens is 5. The zero-order valence-electron chi connectivity index (χ0n) is 14.0. The molecule has 22 heavy (non-hydrogen) atoms. The normalized spacial score (nSPS) is 17.5. The van der Waals surface area contributed by atoms with Gasteiger partial charge in [-0.05, 0) is 46.7 Å². The zero-order chi connectivity index (χ0) is 15.7. The molecule has 0 bridgehead atoms. The van der Waals surface area contributed by atoms with E-state index in [1.54, 1.807) is 0 Å². The Kier molecular flexibility index (Phi) is 4.29. The smallest absolute Gasteiger partial charge is 0.136 e. The molecule has 0 aromatic carbocycles. The van der Waals surface area contributed by atoms with E-state index in [1.807, 2.05) is 24.3 Å². The minimum Gasteiger partial charge on any atom is -0.315 e. The fourth-order valence-corrected chi connectivity index (χ4v) is 3.23. The van der Waals surface area contributed by atoms with E-state index in [1.165, 1.54) is 11.3 Å². The maximum absolute atomic E-state index is 4.37. The van der Waals surface area contributed by atoms with Crippen LogP contribution in [0.3, 0.4) is 0 Å². The third kappa shape index (κ3) is 2.92. The summed E-state index contributed by atoms with van der Waals surface area (Å²) in [7, 11) is 2.00. The van der Waals surface area contributed by atoms with Crippen molar-refractivity contribution in [3.05, 3.63) is 29.6 Å². The average molecular weight is 302 g/mol. The second kappa shape index (κ2) is 6.20. The fraction of sp³-hybridized carbons (Fsp3) is 0.688. The molecule has 1 aliphatic rings. The SMILES string of the molecule is Cc1c(CN2CCC(c3nncn3C(C)C)CC2)cnn1C. The van der Waals surface area contributed by atoms with E-state index in [4.69, 9.17) is 0 Å². The van der Waals surface area contributed by atoms with Gasteiger partial charge >= 0.3 is 0 Å². The van der Waals surface area contributed by atoms with Crippen LogP contribution in [0.1, 0.15) is 55.7 Å². The highest BCUT2D eigenvalue weighted by Crippen LogP contribution is 2.28. The molecule has 2 aromatic rings. The van der Waals surface area contributed by atoms with E-state index in [9.17, 15) is 0 Å². The van der Waals surface area contributed by atoms with Gasteiger partial charge in [-0.2, -0.15) is 5.10 Å². The van der Waals surface area contributed by atoms with Crippen LogP contribution >= 0.6 is 0 Å². The lowest BCUT2D eigenvalue weighted by atomic mass is 9.95. The molecule has 0 atom stereocenters. The van der Waals surface area contributed by atoms with Crippen molar-refractivity contribution >= 4 is 0 Å². The first-order valence-electron chi connectivity index (χ1n) is 8.15. The third-order valence-electron chi connectivity index (χ3n) is 4.84. The molecule has 0 amide bonds. The first kappa shape index (κ1) is 15.2. The summed E-state index contributed by atoms with van der Waals surface area (Å²) in [6.07, 6.45) is 6.18. The van der Waals surface area contributed by atoms with Crippen LogP contribution in [0.4, 0.5) is 0 Å². The van der Waals surface area contributed by atoms with Crippen molar-refractivity contribution in [3.8, 4) is 0 Å². The maximum Gasteiger partial charge on any atom is 0.136 e. The van der Waals surface area contributed by atoms with Crippen molar-refractivity contribution in [1.82, 2.24) is 29.4 Å². The average Bonchev–Trinajstić information content (AvgIpc) is 3.11. The van der Waals surface area contributed by atoms with Crippen LogP contribution in [0, 0.1) is 6.92 Å². The molecule has 0 radical (unpaired) electrons. The maximum atomic E-state index is 4.37. The Labute approximate surface area is 132 Å². The molecule has 0 unspecified atom stereocenters. The largest absolute Gasteiger partial charge is 0.315 e. The Hall–Kier alpha value is -1.69. The molecule has 1 fully saturated rings. The van der Waals surface area contributed by atoms with Gasteiger partial charge < -0.3 is 4.57 Å². The number of likely N-dealkylation sites (tertiary alicyclic amines) is 1. The Morgan fingerprint density at radius 2 is 2.00 bits per heavy atom. The lowest BCUT2D eigenvalue weighted by Gasteiger charge is -2.31. The van der Waals surface area contributed by atoms with Crippen LogP contribution in [-0.4, -0.2) is 42.5 Å². The van der Waals surface area contributed by atoms with Gasteiger partial charge in [0.25, 0.3) is 0 Å². The van der Waals surface area contributed by atoms with Crippen LogP contribution in [0.5, 0.6) is 0 Å². The van der Waals surface area contributed by atoms with Crippen LogP contribution in [0.2, 0.25) is 0 Å². The number of hydrogen-bond donors (Lipinski definition) is 0. The van der Waals surface area contributed by atoms with Crippen LogP contribution in [0.15, 0.2) is 12.5 Å². The predicted molar refractivity (Wildman–Crippen MR) is 85.6 cm³/mol. The molecule has 2 aromatic heterocycles. The van der Waals surface area contributed by atoms with Crippen molar-refractivity contribution in [1.29, 1.82) is 0 Å². The molecule has 3 heterocycles. The summed E-state index contributed by atoms with van der Waals surface area (Å²) in [6, 6.07) is 0.432. The number of piperidine rings is 1. The van der Waals surface area contributed by atoms with E-state index in [0.717, 1.165) is 38.3 Å². The molecule has 6 heteroatoms. The molecule has 1 aliphatic heterocycles. The molecular weight excluding hydrogens is 276 g/mol. The van der Waals surface area contributed by atoms with E-state index < -0.39 is 0 Å². The van der Waals surface area contributed by atoms with Crippen molar-refractivity contribution < 1.29 is 0 Å². The van der Waals surface area contributed by atoms with Gasteiger partial charge in [0.15, 0.2) is 0 Å². The number of aryl methyl sites for hydroxylation is 1. The van der Waals surface area contributed by atoms with E-state index in [0.29, 0.717) is 12.0 Å². The Morgan fingerprint density at radius 3 is 2.59 bits per heavy atom.